The van der Waals surface area contributed by atoms with E-state index in [9.17, 15) is 18.8 Å². The van der Waals surface area contributed by atoms with E-state index in [1.807, 2.05) is 0 Å². The van der Waals surface area contributed by atoms with E-state index in [0.29, 0.717) is 12.7 Å². The number of likely N-dealkylation sites (N-methyl/N-ethyl adjacent to an activating group) is 2. The van der Waals surface area contributed by atoms with Crippen molar-refractivity contribution < 1.29 is 18.8 Å². The lowest BCUT2D eigenvalue weighted by Gasteiger charge is -2.27. The van der Waals surface area contributed by atoms with Crippen molar-refractivity contribution in [1.29, 1.82) is 0 Å². The van der Waals surface area contributed by atoms with Gasteiger partial charge in [-0.25, -0.2) is 4.39 Å². The molecule has 0 aliphatic rings. The summed E-state index contributed by atoms with van der Waals surface area (Å²) in [4.78, 5) is 35.5. The number of carbonyl (C=O) groups excluding carboxylic acids is 3. The van der Waals surface area contributed by atoms with Gasteiger partial charge in [0.25, 0.3) is 0 Å². The van der Waals surface area contributed by atoms with Crippen molar-refractivity contribution >= 4 is 30.1 Å². The number of benzene rings is 1. The molecule has 1 aromatic rings. The van der Waals surface area contributed by atoms with E-state index in [1.165, 1.54) is 13.1 Å². The lowest BCUT2D eigenvalue weighted by molar-refractivity contribution is -0.126. The van der Waals surface area contributed by atoms with Crippen molar-refractivity contribution in [2.24, 2.45) is 5.73 Å². The Morgan fingerprint density at radius 3 is 2.67 bits per heavy atom. The van der Waals surface area contributed by atoms with Gasteiger partial charge in [-0.15, -0.1) is 0 Å². The molecule has 24 heavy (non-hydrogen) atoms. The van der Waals surface area contributed by atoms with Crippen LogP contribution in [-0.2, 0) is 22.7 Å². The molecule has 0 aromatic heterocycles. The Balaban J connectivity index is 3.17. The summed E-state index contributed by atoms with van der Waals surface area (Å²) in [5.41, 5.74) is 5.71. The highest BCUT2D eigenvalue weighted by Gasteiger charge is 2.25. The SMILES string of the molecule is CNC(=O)C(CCC=O)N(C)Cc1c(Cl)cc(CN)c(F)c1C=O. The van der Waals surface area contributed by atoms with Crippen molar-refractivity contribution in [1.82, 2.24) is 10.2 Å². The molecule has 8 heteroatoms. The van der Waals surface area contributed by atoms with Crippen LogP contribution in [0.2, 0.25) is 5.02 Å². The zero-order valence-electron chi connectivity index (χ0n) is 13.6. The summed E-state index contributed by atoms with van der Waals surface area (Å²) in [7, 11) is 3.13. The summed E-state index contributed by atoms with van der Waals surface area (Å²) < 4.78 is 14.3. The van der Waals surface area contributed by atoms with Gasteiger partial charge in [-0.3, -0.25) is 14.5 Å². The monoisotopic (exact) mass is 357 g/mol. The Morgan fingerprint density at radius 2 is 2.17 bits per heavy atom. The normalized spacial score (nSPS) is 12.1. The molecule has 1 amide bonds. The predicted molar refractivity (Wildman–Crippen MR) is 89.3 cm³/mol. The van der Waals surface area contributed by atoms with E-state index in [0.717, 1.165) is 6.29 Å². The highest BCUT2D eigenvalue weighted by Crippen LogP contribution is 2.27. The van der Waals surface area contributed by atoms with Crippen LogP contribution in [0.5, 0.6) is 0 Å². The molecular formula is C16H21ClFN3O3. The van der Waals surface area contributed by atoms with Crippen molar-refractivity contribution in [2.75, 3.05) is 14.1 Å². The van der Waals surface area contributed by atoms with Crippen LogP contribution in [0.25, 0.3) is 0 Å². The number of carbonyl (C=O) groups is 3. The van der Waals surface area contributed by atoms with E-state index in [2.05, 4.69) is 5.32 Å². The molecule has 1 atom stereocenters. The third-order valence-corrected chi connectivity index (χ3v) is 4.15. The molecule has 1 aromatic carbocycles. The lowest BCUT2D eigenvalue weighted by atomic mass is 10.0. The molecule has 1 rings (SSSR count). The van der Waals surface area contributed by atoms with E-state index in [-0.39, 0.29) is 47.1 Å². The highest BCUT2D eigenvalue weighted by molar-refractivity contribution is 6.31. The Morgan fingerprint density at radius 1 is 1.50 bits per heavy atom. The molecule has 1 unspecified atom stereocenters. The zero-order valence-corrected chi connectivity index (χ0v) is 14.4. The first kappa shape index (κ1) is 20.2. The van der Waals surface area contributed by atoms with E-state index >= 15 is 0 Å². The summed E-state index contributed by atoms with van der Waals surface area (Å²) in [6.45, 7) is -0.00562. The molecular weight excluding hydrogens is 337 g/mol. The van der Waals surface area contributed by atoms with Crippen LogP contribution in [-0.4, -0.2) is 43.5 Å². The minimum Gasteiger partial charge on any atom is -0.358 e. The maximum atomic E-state index is 14.3. The number of aldehydes is 2. The average Bonchev–Trinajstić information content (AvgIpc) is 2.58. The number of nitrogens with two attached hydrogens (primary N) is 1. The van der Waals surface area contributed by atoms with Gasteiger partial charge in [0, 0.05) is 37.1 Å². The number of nitrogens with zero attached hydrogens (tertiary/aromatic N) is 1. The van der Waals surface area contributed by atoms with Gasteiger partial charge in [-0.1, -0.05) is 11.6 Å². The van der Waals surface area contributed by atoms with Crippen molar-refractivity contribution in [3.05, 3.63) is 33.6 Å². The second-order valence-electron chi connectivity index (χ2n) is 5.33. The van der Waals surface area contributed by atoms with Gasteiger partial charge in [0.15, 0.2) is 6.29 Å². The first-order valence-corrected chi connectivity index (χ1v) is 7.79. The predicted octanol–water partition coefficient (Wildman–Crippen LogP) is 1.28. The smallest absolute Gasteiger partial charge is 0.237 e. The molecule has 0 aliphatic heterocycles. The van der Waals surface area contributed by atoms with Gasteiger partial charge in [0.05, 0.1) is 11.6 Å². The maximum absolute atomic E-state index is 14.3. The minimum atomic E-state index is -0.704. The zero-order chi connectivity index (χ0) is 18.3. The van der Waals surface area contributed by atoms with Crippen LogP contribution in [0.3, 0.4) is 0 Å². The number of rotatable bonds is 9. The second kappa shape index (κ2) is 9.46. The first-order valence-electron chi connectivity index (χ1n) is 7.41. The molecule has 0 spiro atoms. The van der Waals surface area contributed by atoms with Gasteiger partial charge in [-0.05, 0) is 25.1 Å². The largest absolute Gasteiger partial charge is 0.358 e. The van der Waals surface area contributed by atoms with Gasteiger partial charge in [0.2, 0.25) is 5.91 Å². The van der Waals surface area contributed by atoms with Crippen LogP contribution in [0.4, 0.5) is 4.39 Å². The molecule has 3 N–H and O–H groups in total. The quantitative estimate of drug-likeness (QED) is 0.649. The summed E-state index contributed by atoms with van der Waals surface area (Å²) in [6, 6.07) is 0.779. The van der Waals surface area contributed by atoms with Crippen LogP contribution < -0.4 is 11.1 Å². The number of nitrogens with one attached hydrogen (secondary N) is 1. The van der Waals surface area contributed by atoms with Crippen LogP contribution >= 0.6 is 11.6 Å². The van der Waals surface area contributed by atoms with E-state index in [1.54, 1.807) is 11.9 Å². The highest BCUT2D eigenvalue weighted by atomic mass is 35.5. The molecule has 0 aliphatic carbocycles. The van der Waals surface area contributed by atoms with Gasteiger partial charge in [-0.2, -0.15) is 0 Å². The van der Waals surface area contributed by atoms with Gasteiger partial charge in [0.1, 0.15) is 12.1 Å². The fourth-order valence-electron chi connectivity index (χ4n) is 2.47. The van der Waals surface area contributed by atoms with Crippen molar-refractivity contribution in [3.63, 3.8) is 0 Å². The standard InChI is InChI=1S/C16H21ClFN3O3/c1-20-16(24)14(4-3-5-22)21(2)8-11-12(9-23)15(18)10(7-19)6-13(11)17/h5-6,9,14H,3-4,7-8,19H2,1-2H3,(H,20,24). The molecule has 0 saturated carbocycles. The third kappa shape index (κ3) is 4.59. The number of hydrogen-bond acceptors (Lipinski definition) is 5. The summed E-state index contributed by atoms with van der Waals surface area (Å²) in [5, 5.41) is 2.73. The lowest BCUT2D eigenvalue weighted by Crippen LogP contribution is -2.43. The van der Waals surface area contributed by atoms with E-state index < -0.39 is 11.9 Å². The van der Waals surface area contributed by atoms with Crippen LogP contribution in [0.15, 0.2) is 6.07 Å². The molecule has 0 bridgehead atoms. The van der Waals surface area contributed by atoms with Crippen molar-refractivity contribution in [3.8, 4) is 0 Å². The molecule has 0 fully saturated rings. The molecule has 0 radical (unpaired) electrons. The van der Waals surface area contributed by atoms with E-state index in [4.69, 9.17) is 17.3 Å². The molecule has 0 heterocycles. The minimum absolute atomic E-state index is 0.0750. The van der Waals surface area contributed by atoms with Crippen molar-refractivity contribution in [2.45, 2.75) is 32.0 Å². The molecule has 132 valence electrons. The summed E-state index contributed by atoms with van der Waals surface area (Å²) >= 11 is 6.17. The Kier molecular flexibility index (Phi) is 7.97. The van der Waals surface area contributed by atoms with Crippen LogP contribution in [0.1, 0.15) is 34.3 Å². The Hall–Kier alpha value is -1.83. The third-order valence-electron chi connectivity index (χ3n) is 3.82. The number of halogens is 2. The summed E-state index contributed by atoms with van der Waals surface area (Å²) in [5.74, 6) is -0.980. The first-order chi connectivity index (χ1) is 11.4. The topological polar surface area (TPSA) is 92.5 Å². The van der Waals surface area contributed by atoms with Crippen LogP contribution in [0, 0.1) is 5.82 Å². The second-order valence-corrected chi connectivity index (χ2v) is 5.74. The maximum Gasteiger partial charge on any atom is 0.237 e. The average molecular weight is 358 g/mol. The fourth-order valence-corrected chi connectivity index (χ4v) is 2.77. The molecule has 6 nitrogen and oxygen atoms in total. The van der Waals surface area contributed by atoms with Gasteiger partial charge < -0.3 is 15.8 Å². The number of hydrogen-bond donors (Lipinski definition) is 2. The molecule has 0 saturated heterocycles. The fraction of sp³-hybridized carbons (Fsp3) is 0.438. The number of amides is 1. The van der Waals surface area contributed by atoms with Gasteiger partial charge >= 0.3 is 0 Å². The summed E-state index contributed by atoms with van der Waals surface area (Å²) in [6.07, 6.45) is 1.63. The Labute approximate surface area is 145 Å². The Bertz CT molecular complexity index is 625.